The topological polar surface area (TPSA) is 29.5 Å². The van der Waals surface area contributed by atoms with Gasteiger partial charge < -0.3 is 9.64 Å². The molecule has 88 valence electrons. The fourth-order valence-electron chi connectivity index (χ4n) is 1.86. The Morgan fingerprint density at radius 3 is 2.87 bits per heavy atom. The van der Waals surface area contributed by atoms with Gasteiger partial charge in [0.15, 0.2) is 0 Å². The van der Waals surface area contributed by atoms with Crippen molar-refractivity contribution in [3.63, 3.8) is 0 Å². The lowest BCUT2D eigenvalue weighted by Crippen LogP contribution is -2.35. The number of rotatable bonds is 6. The predicted octanol–water partition coefficient (Wildman–Crippen LogP) is 2.03. The van der Waals surface area contributed by atoms with E-state index in [2.05, 4.69) is 6.92 Å². The maximum atomic E-state index is 11.9. The van der Waals surface area contributed by atoms with Gasteiger partial charge in [0, 0.05) is 25.6 Å². The van der Waals surface area contributed by atoms with Crippen LogP contribution in [0, 0.1) is 0 Å². The lowest BCUT2D eigenvalue weighted by atomic mass is 10.1. The zero-order valence-electron chi connectivity index (χ0n) is 9.38. The third-order valence-corrected chi connectivity index (χ3v) is 2.80. The molecule has 0 saturated carbocycles. The maximum Gasteiger partial charge on any atom is 0.225 e. The zero-order valence-corrected chi connectivity index (χ0v) is 10.1. The molecule has 1 rings (SSSR count). The van der Waals surface area contributed by atoms with Crippen LogP contribution < -0.4 is 0 Å². The summed E-state index contributed by atoms with van der Waals surface area (Å²) in [6.07, 6.45) is 3.76. The number of ether oxygens (including phenoxy) is 1. The molecule has 0 spiro atoms. The van der Waals surface area contributed by atoms with Crippen molar-refractivity contribution in [1.82, 2.24) is 4.90 Å². The molecule has 0 N–H and O–H groups in total. The van der Waals surface area contributed by atoms with Crippen LogP contribution in [0.2, 0.25) is 0 Å². The van der Waals surface area contributed by atoms with E-state index in [4.69, 9.17) is 16.3 Å². The second-order valence-corrected chi connectivity index (χ2v) is 4.29. The van der Waals surface area contributed by atoms with E-state index in [1.54, 1.807) is 0 Å². The monoisotopic (exact) mass is 233 g/mol. The summed E-state index contributed by atoms with van der Waals surface area (Å²) in [6, 6.07) is 0. The van der Waals surface area contributed by atoms with Gasteiger partial charge in [0.25, 0.3) is 0 Å². The molecule has 0 aromatic rings. The second kappa shape index (κ2) is 7.07. The third-order valence-electron chi connectivity index (χ3n) is 2.63. The molecule has 1 fully saturated rings. The first-order valence-corrected chi connectivity index (χ1v) is 6.26. The summed E-state index contributed by atoms with van der Waals surface area (Å²) in [5, 5.41) is 0. The van der Waals surface area contributed by atoms with Gasteiger partial charge in [-0.1, -0.05) is 6.92 Å². The van der Waals surface area contributed by atoms with Crippen LogP contribution in [-0.4, -0.2) is 42.5 Å². The number of hydrogen-bond acceptors (Lipinski definition) is 2. The predicted molar refractivity (Wildman–Crippen MR) is 61.2 cm³/mol. The highest BCUT2D eigenvalue weighted by Crippen LogP contribution is 2.16. The minimum absolute atomic E-state index is 0.146. The van der Waals surface area contributed by atoms with Crippen LogP contribution in [0.15, 0.2) is 0 Å². The van der Waals surface area contributed by atoms with Crippen molar-refractivity contribution in [2.45, 2.75) is 38.7 Å². The Kier molecular flexibility index (Phi) is 6.03. The van der Waals surface area contributed by atoms with E-state index in [0.717, 1.165) is 32.4 Å². The molecule has 1 saturated heterocycles. The largest absolute Gasteiger partial charge is 0.378 e. The number of hydrogen-bond donors (Lipinski definition) is 0. The van der Waals surface area contributed by atoms with Crippen molar-refractivity contribution in [3.05, 3.63) is 0 Å². The van der Waals surface area contributed by atoms with E-state index in [9.17, 15) is 4.79 Å². The molecule has 0 aromatic carbocycles. The molecule has 0 radical (unpaired) electrons. The van der Waals surface area contributed by atoms with E-state index in [0.29, 0.717) is 18.8 Å². The van der Waals surface area contributed by atoms with Crippen molar-refractivity contribution in [3.8, 4) is 0 Å². The fourth-order valence-corrected chi connectivity index (χ4v) is 2.07. The Morgan fingerprint density at radius 2 is 2.33 bits per heavy atom. The molecule has 4 heteroatoms. The number of alkyl halides is 1. The molecule has 0 aromatic heterocycles. The van der Waals surface area contributed by atoms with Gasteiger partial charge in [0.1, 0.15) is 0 Å². The number of halogens is 1. The van der Waals surface area contributed by atoms with E-state index < -0.39 is 0 Å². The standard InChI is InChI=1S/C11H20ClNO2/c1-2-6-13(7-5-12)11(14)9-10-4-3-8-15-10/h10H,2-9H2,1H3. The lowest BCUT2D eigenvalue weighted by Gasteiger charge is -2.22. The molecule has 1 amide bonds. The third kappa shape index (κ3) is 4.39. The summed E-state index contributed by atoms with van der Waals surface area (Å²) >= 11 is 5.67. The van der Waals surface area contributed by atoms with Crippen molar-refractivity contribution < 1.29 is 9.53 Å². The number of nitrogens with zero attached hydrogens (tertiary/aromatic N) is 1. The van der Waals surface area contributed by atoms with Crippen LogP contribution >= 0.6 is 11.6 Å². The van der Waals surface area contributed by atoms with E-state index in [1.165, 1.54) is 0 Å². The zero-order chi connectivity index (χ0) is 11.1. The first-order chi connectivity index (χ1) is 7.27. The Bertz CT molecular complexity index is 187. The smallest absolute Gasteiger partial charge is 0.225 e. The highest BCUT2D eigenvalue weighted by molar-refractivity contribution is 6.18. The Morgan fingerprint density at radius 1 is 1.53 bits per heavy atom. The second-order valence-electron chi connectivity index (χ2n) is 3.91. The molecule has 15 heavy (non-hydrogen) atoms. The molecule has 1 aliphatic heterocycles. The summed E-state index contributed by atoms with van der Waals surface area (Å²) in [5.74, 6) is 0.696. The van der Waals surface area contributed by atoms with Gasteiger partial charge in [-0.05, 0) is 19.3 Å². The molecular weight excluding hydrogens is 214 g/mol. The van der Waals surface area contributed by atoms with Gasteiger partial charge in [-0.3, -0.25) is 4.79 Å². The van der Waals surface area contributed by atoms with Crippen molar-refractivity contribution in [2.24, 2.45) is 0 Å². The number of carbonyl (C=O) groups is 1. The summed E-state index contributed by atoms with van der Waals surface area (Å²) < 4.78 is 5.45. The van der Waals surface area contributed by atoms with Crippen LogP contribution in [0.4, 0.5) is 0 Å². The molecule has 0 bridgehead atoms. The first kappa shape index (κ1) is 12.8. The van der Waals surface area contributed by atoms with Crippen molar-refractivity contribution >= 4 is 17.5 Å². The van der Waals surface area contributed by atoms with Crippen LogP contribution in [0.1, 0.15) is 32.6 Å². The Balaban J connectivity index is 2.33. The summed E-state index contributed by atoms with van der Waals surface area (Å²) in [7, 11) is 0. The minimum Gasteiger partial charge on any atom is -0.378 e. The Labute approximate surface area is 96.7 Å². The van der Waals surface area contributed by atoms with E-state index in [-0.39, 0.29) is 12.0 Å². The highest BCUT2D eigenvalue weighted by Gasteiger charge is 2.21. The van der Waals surface area contributed by atoms with E-state index in [1.807, 2.05) is 4.90 Å². The van der Waals surface area contributed by atoms with E-state index >= 15 is 0 Å². The van der Waals surface area contributed by atoms with Gasteiger partial charge in [-0.15, -0.1) is 11.6 Å². The SMILES string of the molecule is CCCN(CCCl)C(=O)CC1CCCO1. The van der Waals surface area contributed by atoms with Gasteiger partial charge >= 0.3 is 0 Å². The molecular formula is C11H20ClNO2. The van der Waals surface area contributed by atoms with Crippen molar-refractivity contribution in [2.75, 3.05) is 25.6 Å². The minimum atomic E-state index is 0.146. The van der Waals surface area contributed by atoms with Crippen LogP contribution in [0.5, 0.6) is 0 Å². The Hall–Kier alpha value is -0.280. The normalized spacial score (nSPS) is 20.5. The van der Waals surface area contributed by atoms with Gasteiger partial charge in [-0.2, -0.15) is 0 Å². The average molecular weight is 234 g/mol. The summed E-state index contributed by atoms with van der Waals surface area (Å²) in [4.78, 5) is 13.7. The highest BCUT2D eigenvalue weighted by atomic mass is 35.5. The van der Waals surface area contributed by atoms with Crippen LogP contribution in [0.25, 0.3) is 0 Å². The molecule has 1 atom stereocenters. The molecule has 0 aliphatic carbocycles. The van der Waals surface area contributed by atoms with Gasteiger partial charge in [0.05, 0.1) is 12.5 Å². The maximum absolute atomic E-state index is 11.9. The molecule has 1 aliphatic rings. The van der Waals surface area contributed by atoms with Gasteiger partial charge in [-0.25, -0.2) is 0 Å². The quantitative estimate of drug-likeness (QED) is 0.657. The van der Waals surface area contributed by atoms with Gasteiger partial charge in [0.2, 0.25) is 5.91 Å². The lowest BCUT2D eigenvalue weighted by molar-refractivity contribution is -0.133. The van der Waals surface area contributed by atoms with Crippen molar-refractivity contribution in [1.29, 1.82) is 0 Å². The number of carbonyl (C=O) groups excluding carboxylic acids is 1. The first-order valence-electron chi connectivity index (χ1n) is 5.73. The van der Waals surface area contributed by atoms with Crippen LogP contribution in [-0.2, 0) is 9.53 Å². The summed E-state index contributed by atoms with van der Waals surface area (Å²) in [6.45, 7) is 4.33. The molecule has 1 heterocycles. The molecule has 1 unspecified atom stereocenters. The number of amides is 1. The summed E-state index contributed by atoms with van der Waals surface area (Å²) in [5.41, 5.74) is 0. The fraction of sp³-hybridized carbons (Fsp3) is 0.909. The van der Waals surface area contributed by atoms with Crippen LogP contribution in [0.3, 0.4) is 0 Å². The molecule has 3 nitrogen and oxygen atoms in total. The average Bonchev–Trinajstić information content (AvgIpc) is 2.70.